The van der Waals surface area contributed by atoms with Crippen LogP contribution in [-0.2, 0) is 22.6 Å². The zero-order valence-electron chi connectivity index (χ0n) is 18.3. The molecule has 172 valence electrons. The molecule has 0 atom stereocenters. The van der Waals surface area contributed by atoms with Crippen LogP contribution in [0.1, 0.15) is 27.9 Å². The van der Waals surface area contributed by atoms with E-state index in [-0.39, 0.29) is 6.54 Å². The number of halogens is 2. The van der Waals surface area contributed by atoms with Crippen molar-refractivity contribution in [1.29, 1.82) is 0 Å². The van der Waals surface area contributed by atoms with Gasteiger partial charge < -0.3 is 9.67 Å². The van der Waals surface area contributed by atoms with E-state index in [9.17, 15) is 14.7 Å². The highest BCUT2D eigenvalue weighted by molar-refractivity contribution is 6.32. The summed E-state index contributed by atoms with van der Waals surface area (Å²) < 4.78 is 1.71. The van der Waals surface area contributed by atoms with Crippen molar-refractivity contribution in [1.82, 2.24) is 9.99 Å². The molecule has 0 fully saturated rings. The second kappa shape index (κ2) is 10.1. The SMILES string of the molecule is Cc1c(/C(=N/NC=O)c2ccccc2Cc2ccc(Cl)cc2)c2cc(Cl)ccc2n1CC(=O)O. The first-order valence-corrected chi connectivity index (χ1v) is 11.2. The molecule has 34 heavy (non-hydrogen) atoms. The Kier molecular flexibility index (Phi) is 7.01. The van der Waals surface area contributed by atoms with Crippen LogP contribution in [0.4, 0.5) is 0 Å². The van der Waals surface area contributed by atoms with Crippen molar-refractivity contribution in [2.24, 2.45) is 5.10 Å². The average Bonchev–Trinajstić information content (AvgIpc) is 3.07. The van der Waals surface area contributed by atoms with Crippen LogP contribution in [0.5, 0.6) is 0 Å². The number of aromatic nitrogens is 1. The highest BCUT2D eigenvalue weighted by Gasteiger charge is 2.23. The third kappa shape index (κ3) is 4.83. The Morgan fingerprint density at radius 1 is 1.06 bits per heavy atom. The maximum Gasteiger partial charge on any atom is 0.323 e. The molecule has 3 aromatic carbocycles. The number of nitrogens with zero attached hydrogens (tertiary/aromatic N) is 2. The maximum atomic E-state index is 11.6. The van der Waals surface area contributed by atoms with Crippen molar-refractivity contribution in [3.63, 3.8) is 0 Å². The summed E-state index contributed by atoms with van der Waals surface area (Å²) in [4.78, 5) is 22.8. The van der Waals surface area contributed by atoms with Gasteiger partial charge in [-0.05, 0) is 54.8 Å². The molecule has 0 aliphatic carbocycles. The number of fused-ring (bicyclic) bond motifs is 1. The number of carbonyl (C=O) groups excluding carboxylic acids is 1. The topological polar surface area (TPSA) is 83.7 Å². The Balaban J connectivity index is 1.94. The molecule has 1 heterocycles. The zero-order chi connectivity index (χ0) is 24.2. The summed E-state index contributed by atoms with van der Waals surface area (Å²) in [5.41, 5.74) is 7.93. The zero-order valence-corrected chi connectivity index (χ0v) is 19.8. The largest absolute Gasteiger partial charge is 0.480 e. The van der Waals surface area contributed by atoms with E-state index >= 15 is 0 Å². The molecule has 1 amide bonds. The molecule has 0 radical (unpaired) electrons. The summed E-state index contributed by atoms with van der Waals surface area (Å²) in [6.45, 7) is 1.62. The van der Waals surface area contributed by atoms with Crippen LogP contribution in [0.2, 0.25) is 10.0 Å². The van der Waals surface area contributed by atoms with Gasteiger partial charge >= 0.3 is 5.97 Å². The molecule has 0 saturated heterocycles. The first-order valence-electron chi connectivity index (χ1n) is 10.5. The van der Waals surface area contributed by atoms with Crippen LogP contribution in [-0.4, -0.2) is 27.8 Å². The normalized spacial score (nSPS) is 11.6. The van der Waals surface area contributed by atoms with Gasteiger partial charge in [0.1, 0.15) is 12.3 Å². The number of hydrazone groups is 1. The molecule has 0 unspecified atom stereocenters. The standard InChI is InChI=1S/C26H21Cl2N3O3/c1-16-25(22-13-20(28)10-11-23(22)31(16)14-24(33)34)26(30-29-15-32)21-5-3-2-4-18(21)12-17-6-8-19(27)9-7-17/h2-11,13,15H,12,14H2,1H3,(H,29,32)(H,33,34)/b30-26+. The summed E-state index contributed by atoms with van der Waals surface area (Å²) in [5, 5.41) is 15.8. The summed E-state index contributed by atoms with van der Waals surface area (Å²) in [6.07, 6.45) is 1.11. The minimum atomic E-state index is -0.964. The number of carboxylic acid groups (broad SMARTS) is 1. The Labute approximate surface area is 206 Å². The van der Waals surface area contributed by atoms with E-state index in [2.05, 4.69) is 10.5 Å². The van der Waals surface area contributed by atoms with Crippen molar-refractivity contribution < 1.29 is 14.7 Å². The second-order valence-corrected chi connectivity index (χ2v) is 8.64. The van der Waals surface area contributed by atoms with Gasteiger partial charge in [0.2, 0.25) is 6.41 Å². The molecular weight excluding hydrogens is 473 g/mol. The van der Waals surface area contributed by atoms with E-state index in [1.54, 1.807) is 22.8 Å². The fourth-order valence-corrected chi connectivity index (χ4v) is 4.46. The molecule has 1 aromatic heterocycles. The van der Waals surface area contributed by atoms with Crippen LogP contribution in [0.25, 0.3) is 10.9 Å². The van der Waals surface area contributed by atoms with Crippen molar-refractivity contribution >= 4 is 52.2 Å². The Hall–Kier alpha value is -3.61. The number of rotatable bonds is 8. The first kappa shape index (κ1) is 23.5. The van der Waals surface area contributed by atoms with Crippen LogP contribution in [0.15, 0.2) is 71.8 Å². The van der Waals surface area contributed by atoms with Crippen LogP contribution < -0.4 is 5.43 Å². The van der Waals surface area contributed by atoms with E-state index in [0.29, 0.717) is 45.4 Å². The van der Waals surface area contributed by atoms with Crippen molar-refractivity contribution in [2.75, 3.05) is 0 Å². The number of nitrogens with one attached hydrogen (secondary N) is 1. The van der Waals surface area contributed by atoms with Gasteiger partial charge in [-0.1, -0.05) is 59.6 Å². The number of benzene rings is 3. The van der Waals surface area contributed by atoms with Crippen LogP contribution >= 0.6 is 23.2 Å². The minimum absolute atomic E-state index is 0.217. The van der Waals surface area contributed by atoms with Gasteiger partial charge in [0.25, 0.3) is 0 Å². The number of hydrogen-bond acceptors (Lipinski definition) is 3. The van der Waals surface area contributed by atoms with Crippen molar-refractivity contribution in [3.8, 4) is 0 Å². The molecule has 0 saturated carbocycles. The summed E-state index contributed by atoms with van der Waals surface area (Å²) in [6, 6.07) is 20.7. The second-order valence-electron chi connectivity index (χ2n) is 7.77. The van der Waals surface area contributed by atoms with E-state index in [4.69, 9.17) is 23.2 Å². The molecule has 2 N–H and O–H groups in total. The third-order valence-electron chi connectivity index (χ3n) is 5.62. The number of hydrogen-bond donors (Lipinski definition) is 2. The Morgan fingerprint density at radius 3 is 2.47 bits per heavy atom. The van der Waals surface area contributed by atoms with Crippen molar-refractivity contribution in [2.45, 2.75) is 19.9 Å². The van der Waals surface area contributed by atoms with Gasteiger partial charge in [0.05, 0.1) is 0 Å². The van der Waals surface area contributed by atoms with Gasteiger partial charge in [0.15, 0.2) is 0 Å². The number of amides is 1. The van der Waals surface area contributed by atoms with Crippen LogP contribution in [0.3, 0.4) is 0 Å². The predicted molar refractivity (Wildman–Crippen MR) is 135 cm³/mol. The average molecular weight is 494 g/mol. The smallest absolute Gasteiger partial charge is 0.323 e. The van der Waals surface area contributed by atoms with E-state index in [1.165, 1.54) is 0 Å². The van der Waals surface area contributed by atoms with Gasteiger partial charge in [0, 0.05) is 37.8 Å². The number of carbonyl (C=O) groups is 2. The molecule has 4 rings (SSSR count). The Bertz CT molecular complexity index is 1410. The van der Waals surface area contributed by atoms with Gasteiger partial charge in [-0.15, -0.1) is 0 Å². The quantitative estimate of drug-likeness (QED) is 0.195. The molecule has 4 aromatic rings. The lowest BCUT2D eigenvalue weighted by atomic mass is 9.92. The molecular formula is C26H21Cl2N3O3. The third-order valence-corrected chi connectivity index (χ3v) is 6.11. The first-order chi connectivity index (χ1) is 16.4. The monoisotopic (exact) mass is 493 g/mol. The van der Waals surface area contributed by atoms with Crippen LogP contribution in [0, 0.1) is 6.92 Å². The molecule has 0 aliphatic rings. The lowest BCUT2D eigenvalue weighted by Crippen LogP contribution is -2.15. The number of aliphatic carboxylic acids is 1. The lowest BCUT2D eigenvalue weighted by molar-refractivity contribution is -0.137. The summed E-state index contributed by atoms with van der Waals surface area (Å²) in [7, 11) is 0. The highest BCUT2D eigenvalue weighted by atomic mass is 35.5. The molecule has 0 aliphatic heterocycles. The Morgan fingerprint density at radius 2 is 1.76 bits per heavy atom. The van der Waals surface area contributed by atoms with E-state index < -0.39 is 5.97 Å². The van der Waals surface area contributed by atoms with E-state index in [1.807, 2.05) is 55.5 Å². The highest BCUT2D eigenvalue weighted by Crippen LogP contribution is 2.32. The number of carboxylic acids is 1. The fourth-order valence-electron chi connectivity index (χ4n) is 4.16. The fraction of sp³-hybridized carbons (Fsp3) is 0.115. The van der Waals surface area contributed by atoms with Crippen molar-refractivity contribution in [3.05, 3.63) is 105 Å². The lowest BCUT2D eigenvalue weighted by Gasteiger charge is -2.14. The molecule has 6 nitrogen and oxygen atoms in total. The van der Waals surface area contributed by atoms with Gasteiger partial charge in [-0.25, -0.2) is 5.43 Å². The summed E-state index contributed by atoms with van der Waals surface area (Å²) >= 11 is 12.4. The van der Waals surface area contributed by atoms with Gasteiger partial charge in [-0.2, -0.15) is 5.10 Å². The predicted octanol–water partition coefficient (Wildman–Crippen LogP) is 5.43. The minimum Gasteiger partial charge on any atom is -0.480 e. The van der Waals surface area contributed by atoms with Gasteiger partial charge in [-0.3, -0.25) is 9.59 Å². The summed E-state index contributed by atoms with van der Waals surface area (Å²) in [5.74, 6) is -0.964. The molecule has 8 heteroatoms. The van der Waals surface area contributed by atoms with E-state index in [0.717, 1.165) is 22.1 Å². The maximum absolute atomic E-state index is 11.6. The molecule has 0 spiro atoms. The molecule has 0 bridgehead atoms.